The Bertz CT molecular complexity index is 1420. The van der Waals surface area contributed by atoms with Gasteiger partial charge in [-0.05, 0) is 47.7 Å². The standard InChI is InChI=1S/C30H32N2O4/c1-19-15-21(13-14-22(19)23-11-7-8-12-24(23)30(33)34)32-26-18-28(36-3)27(35-2)17-25(26)31-29(32)16-20-9-5-4-6-10-20/h7-8,11-15,17-18,20H,4-6,9-10,16H2,1-3H3,(H,33,34). The molecule has 0 radical (unpaired) electrons. The molecule has 1 aliphatic rings. The normalized spacial score (nSPS) is 14.2. The van der Waals surface area contributed by atoms with Crippen molar-refractivity contribution in [1.82, 2.24) is 9.55 Å². The van der Waals surface area contributed by atoms with Crippen molar-refractivity contribution in [3.05, 3.63) is 71.5 Å². The van der Waals surface area contributed by atoms with Gasteiger partial charge in [0.15, 0.2) is 11.5 Å². The Morgan fingerprint density at radius 1 is 0.972 bits per heavy atom. The van der Waals surface area contributed by atoms with Crippen molar-refractivity contribution in [2.75, 3.05) is 14.2 Å². The van der Waals surface area contributed by atoms with Crippen molar-refractivity contribution >= 4 is 17.0 Å². The van der Waals surface area contributed by atoms with Gasteiger partial charge in [0.25, 0.3) is 0 Å². The van der Waals surface area contributed by atoms with Gasteiger partial charge >= 0.3 is 5.97 Å². The van der Waals surface area contributed by atoms with Crippen molar-refractivity contribution in [3.8, 4) is 28.3 Å². The van der Waals surface area contributed by atoms with E-state index in [1.54, 1.807) is 26.4 Å². The van der Waals surface area contributed by atoms with E-state index in [0.29, 0.717) is 23.0 Å². The molecule has 1 aliphatic carbocycles. The Morgan fingerprint density at radius 2 is 1.69 bits per heavy atom. The second-order valence-electron chi connectivity index (χ2n) is 9.62. The first-order valence-electron chi connectivity index (χ1n) is 12.6. The fourth-order valence-corrected chi connectivity index (χ4v) is 5.52. The molecule has 1 aromatic heterocycles. The van der Waals surface area contributed by atoms with Crippen LogP contribution in [0.5, 0.6) is 11.5 Å². The molecule has 1 N–H and O–H groups in total. The molecule has 0 amide bonds. The summed E-state index contributed by atoms with van der Waals surface area (Å²) in [6.07, 6.45) is 7.27. The summed E-state index contributed by atoms with van der Waals surface area (Å²) >= 11 is 0. The van der Waals surface area contributed by atoms with Crippen molar-refractivity contribution < 1.29 is 19.4 Å². The van der Waals surface area contributed by atoms with E-state index in [2.05, 4.69) is 16.7 Å². The Hall–Kier alpha value is -3.80. The van der Waals surface area contributed by atoms with E-state index in [4.69, 9.17) is 14.5 Å². The van der Waals surface area contributed by atoms with Crippen LogP contribution in [0.4, 0.5) is 0 Å². The third-order valence-corrected chi connectivity index (χ3v) is 7.34. The monoisotopic (exact) mass is 484 g/mol. The molecular formula is C30H32N2O4. The van der Waals surface area contributed by atoms with Gasteiger partial charge in [-0.1, -0.05) is 56.4 Å². The first-order valence-corrected chi connectivity index (χ1v) is 12.6. The third kappa shape index (κ3) is 4.43. The topological polar surface area (TPSA) is 73.6 Å². The zero-order chi connectivity index (χ0) is 25.2. The lowest BCUT2D eigenvalue weighted by Crippen LogP contribution is -2.13. The third-order valence-electron chi connectivity index (χ3n) is 7.34. The number of hydrogen-bond acceptors (Lipinski definition) is 4. The first kappa shape index (κ1) is 23.9. The van der Waals surface area contributed by atoms with Gasteiger partial charge in [-0.15, -0.1) is 0 Å². The molecule has 0 aliphatic heterocycles. The lowest BCUT2D eigenvalue weighted by Gasteiger charge is -2.22. The van der Waals surface area contributed by atoms with E-state index in [0.717, 1.165) is 45.7 Å². The number of carbonyl (C=O) groups is 1. The number of carboxylic acid groups (broad SMARTS) is 1. The molecule has 6 heteroatoms. The van der Waals surface area contributed by atoms with Crippen LogP contribution >= 0.6 is 0 Å². The zero-order valence-electron chi connectivity index (χ0n) is 21.1. The second-order valence-corrected chi connectivity index (χ2v) is 9.62. The number of aryl methyl sites for hydroxylation is 1. The van der Waals surface area contributed by atoms with Gasteiger partial charge < -0.3 is 14.6 Å². The summed E-state index contributed by atoms with van der Waals surface area (Å²) in [6, 6.07) is 17.3. The summed E-state index contributed by atoms with van der Waals surface area (Å²) in [6.45, 7) is 2.03. The molecule has 0 unspecified atom stereocenters. The van der Waals surface area contributed by atoms with Crippen LogP contribution < -0.4 is 9.47 Å². The molecule has 186 valence electrons. The lowest BCUT2D eigenvalue weighted by atomic mass is 9.87. The minimum Gasteiger partial charge on any atom is -0.493 e. The number of aromatic carboxylic acids is 1. The molecule has 3 aromatic carbocycles. The molecule has 1 fully saturated rings. The van der Waals surface area contributed by atoms with E-state index >= 15 is 0 Å². The maximum absolute atomic E-state index is 11.8. The molecule has 5 rings (SSSR count). The van der Waals surface area contributed by atoms with Gasteiger partial charge in [0.2, 0.25) is 0 Å². The summed E-state index contributed by atoms with van der Waals surface area (Å²) in [5.74, 6) is 2.06. The van der Waals surface area contributed by atoms with Crippen LogP contribution in [0.3, 0.4) is 0 Å². The van der Waals surface area contributed by atoms with Gasteiger partial charge in [-0.2, -0.15) is 0 Å². The fraction of sp³-hybridized carbons (Fsp3) is 0.333. The maximum Gasteiger partial charge on any atom is 0.336 e. The quantitative estimate of drug-likeness (QED) is 0.311. The van der Waals surface area contributed by atoms with Crippen LogP contribution in [0, 0.1) is 12.8 Å². The van der Waals surface area contributed by atoms with Crippen LogP contribution in [0.2, 0.25) is 0 Å². The van der Waals surface area contributed by atoms with E-state index in [9.17, 15) is 9.90 Å². The van der Waals surface area contributed by atoms with Gasteiger partial charge in [-0.25, -0.2) is 9.78 Å². The van der Waals surface area contributed by atoms with E-state index < -0.39 is 5.97 Å². The summed E-state index contributed by atoms with van der Waals surface area (Å²) in [7, 11) is 3.28. The summed E-state index contributed by atoms with van der Waals surface area (Å²) in [4.78, 5) is 16.9. The molecule has 0 spiro atoms. The minimum atomic E-state index is -0.925. The highest BCUT2D eigenvalue weighted by molar-refractivity contribution is 5.96. The van der Waals surface area contributed by atoms with Crippen LogP contribution in [-0.4, -0.2) is 34.8 Å². The number of nitrogens with zero attached hydrogens (tertiary/aromatic N) is 2. The molecule has 4 aromatic rings. The van der Waals surface area contributed by atoms with Crippen LogP contribution in [-0.2, 0) is 6.42 Å². The van der Waals surface area contributed by atoms with Crippen LogP contribution in [0.1, 0.15) is 53.8 Å². The number of fused-ring (bicyclic) bond motifs is 1. The number of carboxylic acids is 1. The Labute approximate surface area is 211 Å². The van der Waals surface area contributed by atoms with E-state index in [1.165, 1.54) is 32.1 Å². The van der Waals surface area contributed by atoms with Gasteiger partial charge in [0, 0.05) is 24.2 Å². The number of imidazole rings is 1. The molecule has 0 bridgehead atoms. The average Bonchev–Trinajstić information content (AvgIpc) is 3.24. The van der Waals surface area contributed by atoms with E-state index in [-0.39, 0.29) is 0 Å². The number of ether oxygens (including phenoxy) is 2. The zero-order valence-corrected chi connectivity index (χ0v) is 21.1. The molecule has 36 heavy (non-hydrogen) atoms. The lowest BCUT2D eigenvalue weighted by molar-refractivity contribution is 0.0697. The van der Waals surface area contributed by atoms with Crippen molar-refractivity contribution in [2.45, 2.75) is 45.4 Å². The molecule has 6 nitrogen and oxygen atoms in total. The molecular weight excluding hydrogens is 452 g/mol. The first-order chi connectivity index (χ1) is 17.5. The summed E-state index contributed by atoms with van der Waals surface area (Å²) in [5.41, 5.74) is 5.79. The predicted molar refractivity (Wildman–Crippen MR) is 142 cm³/mol. The Balaban J connectivity index is 1.65. The second kappa shape index (κ2) is 10.1. The highest BCUT2D eigenvalue weighted by Gasteiger charge is 2.22. The molecule has 0 atom stereocenters. The van der Waals surface area contributed by atoms with E-state index in [1.807, 2.05) is 37.3 Å². The highest BCUT2D eigenvalue weighted by Crippen LogP contribution is 2.36. The van der Waals surface area contributed by atoms with Gasteiger partial charge in [-0.3, -0.25) is 4.57 Å². The van der Waals surface area contributed by atoms with Crippen molar-refractivity contribution in [2.24, 2.45) is 5.92 Å². The SMILES string of the molecule is COc1cc2nc(CC3CCCCC3)n(-c3ccc(-c4ccccc4C(=O)O)c(C)c3)c2cc1OC. The van der Waals surface area contributed by atoms with Gasteiger partial charge in [0.1, 0.15) is 5.82 Å². The molecule has 1 heterocycles. The van der Waals surface area contributed by atoms with Crippen LogP contribution in [0.15, 0.2) is 54.6 Å². The fourth-order valence-electron chi connectivity index (χ4n) is 5.52. The summed E-state index contributed by atoms with van der Waals surface area (Å²) in [5, 5.41) is 9.69. The maximum atomic E-state index is 11.8. The number of hydrogen-bond donors (Lipinski definition) is 1. The molecule has 1 saturated carbocycles. The number of methoxy groups -OCH3 is 2. The smallest absolute Gasteiger partial charge is 0.336 e. The average molecular weight is 485 g/mol. The molecule has 0 saturated heterocycles. The minimum absolute atomic E-state index is 0.302. The number of aromatic nitrogens is 2. The largest absolute Gasteiger partial charge is 0.493 e. The predicted octanol–water partition coefficient (Wildman–Crippen LogP) is 6.84. The highest BCUT2D eigenvalue weighted by atomic mass is 16.5. The van der Waals surface area contributed by atoms with Crippen LogP contribution in [0.25, 0.3) is 27.8 Å². The Morgan fingerprint density at radius 3 is 2.39 bits per heavy atom. The number of benzene rings is 3. The Kier molecular flexibility index (Phi) is 6.68. The van der Waals surface area contributed by atoms with Gasteiger partial charge in [0.05, 0.1) is 30.8 Å². The number of rotatable bonds is 7. The van der Waals surface area contributed by atoms with Crippen molar-refractivity contribution in [1.29, 1.82) is 0 Å². The summed E-state index contributed by atoms with van der Waals surface area (Å²) < 4.78 is 13.4. The van der Waals surface area contributed by atoms with Crippen molar-refractivity contribution in [3.63, 3.8) is 0 Å².